The molecule has 0 N–H and O–H groups in total. The fraction of sp³-hybridized carbons (Fsp3) is 0.875. The molecule has 4 heteroatoms. The molecule has 3 nitrogen and oxygen atoms in total. The van der Waals surface area contributed by atoms with Crippen LogP contribution in [0.25, 0.3) is 0 Å². The summed E-state index contributed by atoms with van der Waals surface area (Å²) in [4.78, 5) is 0. The van der Waals surface area contributed by atoms with Gasteiger partial charge in [0.2, 0.25) is 0 Å². The average molecular weight is 191 g/mol. The predicted molar refractivity (Wildman–Crippen MR) is 60.2 cm³/mol. The fourth-order valence-corrected chi connectivity index (χ4v) is 0.862. The van der Waals surface area contributed by atoms with E-state index >= 15 is 0 Å². The minimum absolute atomic E-state index is 0.464. The summed E-state index contributed by atoms with van der Waals surface area (Å²) in [5.41, 5.74) is 0. The molecule has 0 bridgehead atoms. The second-order valence-electron chi connectivity index (χ2n) is 4.29. The summed E-state index contributed by atoms with van der Waals surface area (Å²) >= 11 is 0. The topological polar surface area (TPSA) is 28.0 Å². The van der Waals surface area contributed by atoms with Crippen molar-refractivity contribution in [1.29, 1.82) is 0 Å². The minimum atomic E-state index is -1.90. The highest BCUT2D eigenvalue weighted by atomic mass is 32.3. The Bertz CT molecular complexity index is 235. The number of hydrogen-bond acceptors (Lipinski definition) is 2. The van der Waals surface area contributed by atoms with Crippen LogP contribution in [0.2, 0.25) is 0 Å². The molecule has 0 saturated heterocycles. The lowest BCUT2D eigenvalue weighted by Gasteiger charge is -2.38. The molecule has 0 saturated carbocycles. The molecule has 12 heavy (non-hydrogen) atoms. The first-order chi connectivity index (χ1) is 5.13. The zero-order chi connectivity index (χ0) is 10.0. The van der Waals surface area contributed by atoms with E-state index in [1.54, 1.807) is 5.01 Å². The van der Waals surface area contributed by atoms with Crippen molar-refractivity contribution >= 4 is 14.8 Å². The molecule has 0 atom stereocenters. The van der Waals surface area contributed by atoms with Crippen molar-refractivity contribution in [2.24, 2.45) is 9.74 Å². The average Bonchev–Trinajstić information content (AvgIpc) is 1.83. The van der Waals surface area contributed by atoms with Crippen molar-refractivity contribution in [2.45, 2.75) is 19.1 Å². The summed E-state index contributed by atoms with van der Waals surface area (Å²) in [5.74, 6) is 4.19. The summed E-state index contributed by atoms with van der Waals surface area (Å²) in [6, 6.07) is 0. The van der Waals surface area contributed by atoms with E-state index in [4.69, 9.17) is 0 Å². The molecular formula is C8H21N3S. The Hall–Kier alpha value is -0.380. The molecule has 0 aliphatic heterocycles. The van der Waals surface area contributed by atoms with Gasteiger partial charge in [-0.25, -0.2) is 0 Å². The van der Waals surface area contributed by atoms with Crippen LogP contribution in [-0.4, -0.2) is 42.7 Å². The van der Waals surface area contributed by atoms with Crippen molar-refractivity contribution in [2.75, 3.05) is 26.6 Å². The van der Waals surface area contributed by atoms with E-state index in [0.29, 0.717) is 5.25 Å². The van der Waals surface area contributed by atoms with Gasteiger partial charge in [0, 0.05) is 14.1 Å². The summed E-state index contributed by atoms with van der Waals surface area (Å²) in [5, 5.41) is 6.20. The van der Waals surface area contributed by atoms with Gasteiger partial charge in [-0.3, -0.25) is 5.01 Å². The van der Waals surface area contributed by atoms with Gasteiger partial charge in [0.1, 0.15) is 0 Å². The van der Waals surface area contributed by atoms with Crippen LogP contribution < -0.4 is 0 Å². The molecule has 0 fully saturated rings. The van der Waals surface area contributed by atoms with Crippen LogP contribution in [-0.2, 0) is 0 Å². The number of rotatable bonds is 3. The Morgan fingerprint density at radius 2 is 1.67 bits per heavy atom. The summed E-state index contributed by atoms with van der Waals surface area (Å²) in [6.45, 7) is 4.28. The maximum absolute atomic E-state index is 4.34. The summed E-state index contributed by atoms with van der Waals surface area (Å²) in [7, 11) is 1.84. The molecule has 0 rings (SSSR count). The molecule has 0 aromatic heterocycles. The Morgan fingerprint density at radius 1 is 1.25 bits per heavy atom. The maximum Gasteiger partial charge on any atom is 0.0261 e. The standard InChI is InChI=1S/C8H21N3S/c1-8(2)12(5,6,7)10-9-11(3)4/h8H,5H2,1-4,6-7H3/b10-9-. The lowest BCUT2D eigenvalue weighted by molar-refractivity contribution is 0.412. The second kappa shape index (κ2) is 3.17. The highest BCUT2D eigenvalue weighted by molar-refractivity contribution is 8.44. The van der Waals surface area contributed by atoms with E-state index < -0.39 is 8.94 Å². The molecule has 0 aliphatic rings. The minimum Gasteiger partial charge on any atom is -0.284 e. The second-order valence-corrected chi connectivity index (χ2v) is 9.84. The third-order valence-electron chi connectivity index (χ3n) is 1.97. The third kappa shape index (κ3) is 3.34. The van der Waals surface area contributed by atoms with Crippen molar-refractivity contribution in [3.8, 4) is 0 Å². The molecular weight excluding hydrogens is 170 g/mol. The summed E-state index contributed by atoms with van der Waals surface area (Å²) < 4.78 is 4.34. The normalized spacial score (nSPS) is 16.4. The Morgan fingerprint density at radius 3 is 1.92 bits per heavy atom. The maximum atomic E-state index is 4.34. The highest BCUT2D eigenvalue weighted by Gasteiger charge is 2.21. The van der Waals surface area contributed by atoms with Gasteiger partial charge in [-0.15, -0.1) is 4.52 Å². The van der Waals surface area contributed by atoms with E-state index in [0.717, 1.165) is 0 Å². The first-order valence-electron chi connectivity index (χ1n) is 3.97. The van der Waals surface area contributed by atoms with Gasteiger partial charge in [0.15, 0.2) is 0 Å². The van der Waals surface area contributed by atoms with Crippen LogP contribution in [0.3, 0.4) is 0 Å². The third-order valence-corrected chi connectivity index (χ3v) is 5.55. The zero-order valence-corrected chi connectivity index (χ0v) is 9.85. The zero-order valence-electron chi connectivity index (χ0n) is 9.03. The first-order valence-corrected chi connectivity index (χ1v) is 7.02. The molecule has 0 unspecified atom stereocenters. The van der Waals surface area contributed by atoms with Crippen LogP contribution in [0.1, 0.15) is 13.8 Å². The SMILES string of the molecule is C=S(C)(C)(/N=N\N(C)C)C(C)C. The summed E-state index contributed by atoms with van der Waals surface area (Å²) in [6.07, 6.45) is 4.21. The monoisotopic (exact) mass is 191 g/mol. The van der Waals surface area contributed by atoms with Gasteiger partial charge in [0.25, 0.3) is 0 Å². The quantitative estimate of drug-likeness (QED) is 0.382. The Kier molecular flexibility index (Phi) is 3.07. The smallest absolute Gasteiger partial charge is 0.0261 e. The van der Waals surface area contributed by atoms with Crippen LogP contribution in [0.4, 0.5) is 0 Å². The molecule has 0 heterocycles. The molecule has 0 radical (unpaired) electrons. The largest absolute Gasteiger partial charge is 0.284 e. The molecule has 0 spiro atoms. The van der Waals surface area contributed by atoms with Gasteiger partial charge in [0.05, 0.1) is 0 Å². The van der Waals surface area contributed by atoms with Crippen LogP contribution >= 0.6 is 8.94 Å². The van der Waals surface area contributed by atoms with Crippen molar-refractivity contribution in [1.82, 2.24) is 5.01 Å². The number of hydrogen-bond donors (Lipinski definition) is 0. The van der Waals surface area contributed by atoms with Gasteiger partial charge in [-0.05, 0) is 17.8 Å². The predicted octanol–water partition coefficient (Wildman–Crippen LogP) is 2.27. The molecule has 0 aromatic rings. The molecule has 0 amide bonds. The Labute approximate surface area is 75.8 Å². The molecule has 0 aliphatic carbocycles. The van der Waals surface area contributed by atoms with E-state index in [1.165, 1.54) is 0 Å². The molecule has 74 valence electrons. The molecule has 0 aromatic carbocycles. The van der Waals surface area contributed by atoms with Gasteiger partial charge in [-0.2, -0.15) is 8.94 Å². The van der Waals surface area contributed by atoms with Gasteiger partial charge in [-0.1, -0.05) is 24.9 Å². The van der Waals surface area contributed by atoms with Crippen molar-refractivity contribution in [3.05, 3.63) is 0 Å². The van der Waals surface area contributed by atoms with Crippen molar-refractivity contribution < 1.29 is 0 Å². The van der Waals surface area contributed by atoms with Gasteiger partial charge >= 0.3 is 0 Å². The lowest BCUT2D eigenvalue weighted by Crippen LogP contribution is -2.14. The van der Waals surface area contributed by atoms with Gasteiger partial charge < -0.3 is 0 Å². The van der Waals surface area contributed by atoms with E-state index in [-0.39, 0.29) is 0 Å². The number of nitrogens with zero attached hydrogens (tertiary/aromatic N) is 3. The fourth-order valence-electron chi connectivity index (χ4n) is 0.287. The van der Waals surface area contributed by atoms with E-state index in [2.05, 4.69) is 42.0 Å². The van der Waals surface area contributed by atoms with Crippen LogP contribution in [0, 0.1) is 0 Å². The van der Waals surface area contributed by atoms with E-state index in [1.807, 2.05) is 14.1 Å². The van der Waals surface area contributed by atoms with Crippen molar-refractivity contribution in [3.63, 3.8) is 0 Å². The Balaban J connectivity index is 4.73. The van der Waals surface area contributed by atoms with Crippen LogP contribution in [0.15, 0.2) is 9.74 Å². The van der Waals surface area contributed by atoms with Crippen LogP contribution in [0.5, 0.6) is 0 Å². The first kappa shape index (κ1) is 11.6. The van der Waals surface area contributed by atoms with E-state index in [9.17, 15) is 0 Å². The lowest BCUT2D eigenvalue weighted by atomic mass is 10.6. The highest BCUT2D eigenvalue weighted by Crippen LogP contribution is 2.55.